The summed E-state index contributed by atoms with van der Waals surface area (Å²) in [5.41, 5.74) is 2.84. The third kappa shape index (κ3) is 4.95. The fourth-order valence-electron chi connectivity index (χ4n) is 3.37. The van der Waals surface area contributed by atoms with Crippen molar-refractivity contribution in [2.45, 2.75) is 19.5 Å². The first-order chi connectivity index (χ1) is 16.1. The molecule has 10 heteroatoms. The van der Waals surface area contributed by atoms with Gasteiger partial charge >= 0.3 is 0 Å². The fraction of sp³-hybridized carbons (Fsp3) is 0.217. The van der Waals surface area contributed by atoms with Gasteiger partial charge in [-0.05, 0) is 37.3 Å². The van der Waals surface area contributed by atoms with E-state index in [1.807, 2.05) is 42.8 Å². The zero-order valence-corrected chi connectivity index (χ0v) is 18.6. The molecule has 0 aliphatic heterocycles. The van der Waals surface area contributed by atoms with Crippen molar-refractivity contribution in [3.05, 3.63) is 78.1 Å². The minimum absolute atomic E-state index is 0.193. The Hall–Kier alpha value is -4.34. The number of methoxy groups -OCH3 is 1. The molecule has 0 unspecified atom stereocenters. The summed E-state index contributed by atoms with van der Waals surface area (Å²) in [5.74, 6) is 1.69. The second-order valence-electron chi connectivity index (χ2n) is 7.32. The van der Waals surface area contributed by atoms with E-state index in [-0.39, 0.29) is 11.9 Å². The highest BCUT2D eigenvalue weighted by atomic mass is 16.5. The average molecular weight is 444 g/mol. The van der Waals surface area contributed by atoms with E-state index in [1.54, 1.807) is 37.7 Å². The molecule has 0 bridgehead atoms. The number of anilines is 1. The second kappa shape index (κ2) is 9.86. The molecule has 0 spiro atoms. The van der Waals surface area contributed by atoms with Crippen molar-refractivity contribution < 1.29 is 9.53 Å². The van der Waals surface area contributed by atoms with Crippen LogP contribution in [0.4, 0.5) is 5.69 Å². The summed E-state index contributed by atoms with van der Waals surface area (Å²) in [5, 5.41) is 14.8. The third-order valence-electron chi connectivity index (χ3n) is 5.16. The van der Waals surface area contributed by atoms with E-state index >= 15 is 0 Å². The molecule has 10 nitrogen and oxygen atoms in total. The molecule has 33 heavy (non-hydrogen) atoms. The van der Waals surface area contributed by atoms with E-state index < -0.39 is 0 Å². The Balaban J connectivity index is 1.42. The number of rotatable bonds is 8. The van der Waals surface area contributed by atoms with Crippen LogP contribution in [0, 0.1) is 0 Å². The number of hydrogen-bond donors (Lipinski definition) is 2. The van der Waals surface area contributed by atoms with Gasteiger partial charge in [-0.2, -0.15) is 0 Å². The maximum Gasteiger partial charge on any atom is 0.251 e. The highest BCUT2D eigenvalue weighted by Gasteiger charge is 2.16. The lowest BCUT2D eigenvalue weighted by Gasteiger charge is -2.16. The first kappa shape index (κ1) is 21.9. The number of pyridine rings is 1. The van der Waals surface area contributed by atoms with E-state index in [0.29, 0.717) is 29.5 Å². The van der Waals surface area contributed by atoms with Crippen LogP contribution in [0.1, 0.15) is 34.7 Å². The van der Waals surface area contributed by atoms with E-state index in [2.05, 4.69) is 35.8 Å². The number of ether oxygens (including phenoxy) is 1. The lowest BCUT2D eigenvalue weighted by molar-refractivity contribution is 0.0939. The molecule has 168 valence electrons. The normalized spacial score (nSPS) is 11.6. The Kier molecular flexibility index (Phi) is 6.53. The Morgan fingerprint density at radius 2 is 2.00 bits per heavy atom. The van der Waals surface area contributed by atoms with Gasteiger partial charge in [-0.15, -0.1) is 10.2 Å². The molecule has 2 N–H and O–H groups in total. The van der Waals surface area contributed by atoms with Crippen LogP contribution in [0.5, 0.6) is 5.88 Å². The highest BCUT2D eigenvalue weighted by Crippen LogP contribution is 2.22. The van der Waals surface area contributed by atoms with Crippen molar-refractivity contribution in [1.82, 2.24) is 35.0 Å². The summed E-state index contributed by atoms with van der Waals surface area (Å²) < 4.78 is 7.16. The van der Waals surface area contributed by atoms with Crippen molar-refractivity contribution in [1.29, 1.82) is 0 Å². The lowest BCUT2D eigenvalue weighted by atomic mass is 10.1. The summed E-state index contributed by atoms with van der Waals surface area (Å²) in [6.07, 6.45) is 4.79. The van der Waals surface area contributed by atoms with Gasteiger partial charge in [0.25, 0.3) is 5.91 Å². The Morgan fingerprint density at radius 3 is 2.79 bits per heavy atom. The van der Waals surface area contributed by atoms with Gasteiger partial charge in [-0.3, -0.25) is 4.79 Å². The number of benzene rings is 1. The molecule has 0 fully saturated rings. The van der Waals surface area contributed by atoms with Crippen LogP contribution in [0.2, 0.25) is 0 Å². The van der Waals surface area contributed by atoms with Crippen LogP contribution in [0.15, 0.2) is 61.2 Å². The van der Waals surface area contributed by atoms with Crippen LogP contribution in [-0.4, -0.2) is 42.7 Å². The van der Waals surface area contributed by atoms with Gasteiger partial charge in [0.15, 0.2) is 11.6 Å². The van der Waals surface area contributed by atoms with Crippen LogP contribution < -0.4 is 15.4 Å². The quantitative estimate of drug-likeness (QED) is 0.426. The predicted molar refractivity (Wildman–Crippen MR) is 122 cm³/mol. The lowest BCUT2D eigenvalue weighted by Crippen LogP contribution is -2.27. The number of carbonyl (C=O) groups excluding carboxylic acids is 1. The molecule has 1 atom stereocenters. The first-order valence-electron chi connectivity index (χ1n) is 10.3. The molecule has 4 rings (SSSR count). The number of hydrogen-bond acceptors (Lipinski definition) is 8. The summed E-state index contributed by atoms with van der Waals surface area (Å²) >= 11 is 0. The van der Waals surface area contributed by atoms with Gasteiger partial charge in [0, 0.05) is 36.3 Å². The first-order valence-corrected chi connectivity index (χ1v) is 10.3. The standard InChI is InChI=1S/C23H24N8O2/c1-15(18-8-5-10-25-23(18)33-3)28-22(32)16-6-4-7-17(12-16)26-13-20-29-30-21(31(20)2)19-9-11-24-14-27-19/h4-12,14-15,26H,13H2,1-3H3,(H,28,32)/t15-/m0/s1. The highest BCUT2D eigenvalue weighted by molar-refractivity contribution is 5.95. The van der Waals surface area contributed by atoms with Crippen LogP contribution in [0.25, 0.3) is 11.5 Å². The largest absolute Gasteiger partial charge is 0.481 e. The SMILES string of the molecule is COc1ncccc1[C@H](C)NC(=O)c1cccc(NCc2nnc(-c3ccncn3)n2C)c1. The predicted octanol–water partition coefficient (Wildman–Crippen LogP) is 2.78. The minimum Gasteiger partial charge on any atom is -0.481 e. The summed E-state index contributed by atoms with van der Waals surface area (Å²) in [4.78, 5) is 25.2. The van der Waals surface area contributed by atoms with Crippen molar-refractivity contribution in [2.24, 2.45) is 7.05 Å². The molecule has 0 aliphatic carbocycles. The molecule has 3 aromatic heterocycles. The van der Waals surface area contributed by atoms with E-state index in [0.717, 1.165) is 17.1 Å². The summed E-state index contributed by atoms with van der Waals surface area (Å²) in [6, 6.07) is 12.5. The van der Waals surface area contributed by atoms with Crippen LogP contribution in [-0.2, 0) is 13.6 Å². The monoisotopic (exact) mass is 444 g/mol. The average Bonchev–Trinajstić information content (AvgIpc) is 3.23. The molecule has 4 aromatic rings. The van der Waals surface area contributed by atoms with Gasteiger partial charge in [0.2, 0.25) is 5.88 Å². The van der Waals surface area contributed by atoms with Crippen molar-refractivity contribution >= 4 is 11.6 Å². The Labute approximate surface area is 191 Å². The molecule has 0 saturated heterocycles. The second-order valence-corrected chi connectivity index (χ2v) is 7.32. The van der Waals surface area contributed by atoms with Crippen molar-refractivity contribution in [3.8, 4) is 17.4 Å². The number of amides is 1. The van der Waals surface area contributed by atoms with E-state index in [4.69, 9.17) is 4.74 Å². The Morgan fingerprint density at radius 1 is 1.12 bits per heavy atom. The van der Waals surface area contributed by atoms with Gasteiger partial charge < -0.3 is 19.9 Å². The van der Waals surface area contributed by atoms with Crippen LogP contribution >= 0.6 is 0 Å². The Bertz CT molecular complexity index is 1240. The maximum absolute atomic E-state index is 12.8. The fourth-order valence-corrected chi connectivity index (χ4v) is 3.37. The maximum atomic E-state index is 12.8. The molecule has 1 aromatic carbocycles. The van der Waals surface area contributed by atoms with Crippen molar-refractivity contribution in [3.63, 3.8) is 0 Å². The number of aromatic nitrogens is 6. The topological polar surface area (TPSA) is 120 Å². The van der Waals surface area contributed by atoms with E-state index in [1.165, 1.54) is 6.33 Å². The molecular formula is C23H24N8O2. The molecule has 0 aliphatic rings. The third-order valence-corrected chi connectivity index (χ3v) is 5.16. The molecular weight excluding hydrogens is 420 g/mol. The molecule has 1 amide bonds. The molecule has 3 heterocycles. The smallest absolute Gasteiger partial charge is 0.251 e. The number of nitrogens with zero attached hydrogens (tertiary/aromatic N) is 6. The summed E-state index contributed by atoms with van der Waals surface area (Å²) in [7, 11) is 3.44. The van der Waals surface area contributed by atoms with Crippen LogP contribution in [0.3, 0.4) is 0 Å². The van der Waals surface area contributed by atoms with Crippen molar-refractivity contribution in [2.75, 3.05) is 12.4 Å². The van der Waals surface area contributed by atoms with Gasteiger partial charge in [0.05, 0.1) is 19.7 Å². The molecule has 0 radical (unpaired) electrons. The molecule has 0 saturated carbocycles. The zero-order chi connectivity index (χ0) is 23.2. The van der Waals surface area contributed by atoms with Gasteiger partial charge in [-0.25, -0.2) is 15.0 Å². The van der Waals surface area contributed by atoms with E-state index in [9.17, 15) is 4.79 Å². The number of nitrogens with one attached hydrogen (secondary N) is 2. The van der Waals surface area contributed by atoms with Gasteiger partial charge in [-0.1, -0.05) is 12.1 Å². The summed E-state index contributed by atoms with van der Waals surface area (Å²) in [6.45, 7) is 2.33. The minimum atomic E-state index is -0.267. The zero-order valence-electron chi connectivity index (χ0n) is 18.6. The number of carbonyl (C=O) groups is 1. The van der Waals surface area contributed by atoms with Gasteiger partial charge in [0.1, 0.15) is 12.0 Å².